The van der Waals surface area contributed by atoms with Crippen LogP contribution < -0.4 is 5.32 Å². The normalized spacial score (nSPS) is 8.23. The lowest BCUT2D eigenvalue weighted by molar-refractivity contribution is -0.116. The molecule has 0 atom stereocenters. The number of hydrogen-bond donors (Lipinski definition) is 2. The van der Waals surface area contributed by atoms with Gasteiger partial charge in [-0.05, 0) is 19.8 Å². The van der Waals surface area contributed by atoms with Gasteiger partial charge in [0.25, 0.3) is 0 Å². The predicted molar refractivity (Wildman–Crippen MR) is 51.4 cm³/mol. The van der Waals surface area contributed by atoms with Crippen LogP contribution >= 0.6 is 0 Å². The first kappa shape index (κ1) is 14.6. The molecular formula is C9H19NO3. The number of unbranched alkanes of at least 4 members (excludes halogenated alkanes) is 1. The number of aliphatic hydroxyl groups excluding tert-OH is 1. The lowest BCUT2D eigenvalue weighted by Crippen LogP contribution is -2.12. The third-order valence-corrected chi connectivity index (χ3v) is 1.31. The van der Waals surface area contributed by atoms with Crippen LogP contribution in [0, 0.1) is 0 Å². The lowest BCUT2D eigenvalue weighted by atomic mass is 10.3. The van der Waals surface area contributed by atoms with Gasteiger partial charge >= 0.3 is 0 Å². The standard InChI is InChI=1S/C5H11NO2.C4H8O/c7-4-2-1-3-6-5-8;1-3-4(2)5/h5,7H,1-4H2,(H,6,8);3H2,1-2H3. The van der Waals surface area contributed by atoms with Crippen molar-refractivity contribution in [3.8, 4) is 0 Å². The van der Waals surface area contributed by atoms with Gasteiger partial charge in [0.05, 0.1) is 0 Å². The molecule has 0 spiro atoms. The number of hydrogen-bond acceptors (Lipinski definition) is 3. The van der Waals surface area contributed by atoms with Crippen molar-refractivity contribution in [1.82, 2.24) is 5.32 Å². The molecule has 0 unspecified atom stereocenters. The van der Waals surface area contributed by atoms with Crippen molar-refractivity contribution in [2.75, 3.05) is 13.2 Å². The Morgan fingerprint density at radius 1 is 1.46 bits per heavy atom. The molecule has 0 fully saturated rings. The van der Waals surface area contributed by atoms with Gasteiger partial charge in [0.1, 0.15) is 5.78 Å². The van der Waals surface area contributed by atoms with Crippen molar-refractivity contribution in [2.45, 2.75) is 33.1 Å². The number of amides is 1. The maximum Gasteiger partial charge on any atom is 0.207 e. The van der Waals surface area contributed by atoms with Crippen LogP contribution in [0.4, 0.5) is 0 Å². The molecule has 13 heavy (non-hydrogen) atoms. The van der Waals surface area contributed by atoms with Crippen LogP contribution in [-0.2, 0) is 9.59 Å². The minimum Gasteiger partial charge on any atom is -0.396 e. The zero-order valence-electron chi connectivity index (χ0n) is 8.38. The number of carbonyl (C=O) groups excluding carboxylic acids is 2. The summed E-state index contributed by atoms with van der Waals surface area (Å²) in [6.07, 6.45) is 2.95. The van der Waals surface area contributed by atoms with Crippen molar-refractivity contribution in [1.29, 1.82) is 0 Å². The Kier molecular flexibility index (Phi) is 15.4. The summed E-state index contributed by atoms with van der Waals surface area (Å²) < 4.78 is 0. The van der Waals surface area contributed by atoms with Gasteiger partial charge in [-0.3, -0.25) is 4.79 Å². The second kappa shape index (κ2) is 13.7. The molecule has 0 aliphatic carbocycles. The Bertz CT molecular complexity index is 126. The summed E-state index contributed by atoms with van der Waals surface area (Å²) in [5, 5.41) is 10.7. The van der Waals surface area contributed by atoms with E-state index in [0.29, 0.717) is 19.4 Å². The summed E-state index contributed by atoms with van der Waals surface area (Å²) in [5.74, 6) is 0.255. The van der Waals surface area contributed by atoms with Crippen molar-refractivity contribution in [3.05, 3.63) is 0 Å². The number of carbonyl (C=O) groups is 2. The van der Waals surface area contributed by atoms with Crippen LogP contribution in [0.2, 0.25) is 0 Å². The molecule has 4 heteroatoms. The molecule has 0 bridgehead atoms. The van der Waals surface area contributed by atoms with E-state index in [1.165, 1.54) is 0 Å². The van der Waals surface area contributed by atoms with Gasteiger partial charge < -0.3 is 15.2 Å². The first-order valence-electron chi connectivity index (χ1n) is 4.46. The van der Waals surface area contributed by atoms with Crippen LogP contribution in [0.15, 0.2) is 0 Å². The van der Waals surface area contributed by atoms with Gasteiger partial charge in [0.2, 0.25) is 6.41 Å². The minimum absolute atomic E-state index is 0.209. The molecule has 0 aromatic heterocycles. The quantitative estimate of drug-likeness (QED) is 0.472. The molecule has 4 nitrogen and oxygen atoms in total. The second-order valence-corrected chi connectivity index (χ2v) is 2.56. The Hall–Kier alpha value is -0.900. The molecule has 0 heterocycles. The van der Waals surface area contributed by atoms with Gasteiger partial charge in [-0.2, -0.15) is 0 Å². The maximum atomic E-state index is 9.81. The third kappa shape index (κ3) is 24.7. The summed E-state index contributed by atoms with van der Waals surface area (Å²) in [7, 11) is 0. The van der Waals surface area contributed by atoms with E-state index in [2.05, 4.69) is 5.32 Å². The number of ketones is 1. The van der Waals surface area contributed by atoms with Gasteiger partial charge in [-0.25, -0.2) is 0 Å². The average Bonchev–Trinajstić information content (AvgIpc) is 2.14. The highest BCUT2D eigenvalue weighted by Gasteiger charge is 1.81. The van der Waals surface area contributed by atoms with Crippen molar-refractivity contribution >= 4 is 12.2 Å². The fourth-order valence-corrected chi connectivity index (χ4v) is 0.398. The first-order chi connectivity index (χ1) is 6.18. The van der Waals surface area contributed by atoms with Crippen LogP contribution in [0.1, 0.15) is 33.1 Å². The number of nitrogens with one attached hydrogen (secondary N) is 1. The Labute approximate surface area is 79.3 Å². The van der Waals surface area contributed by atoms with E-state index in [1.807, 2.05) is 6.92 Å². The summed E-state index contributed by atoms with van der Waals surface area (Å²) in [4.78, 5) is 19.4. The minimum atomic E-state index is 0.209. The van der Waals surface area contributed by atoms with Crippen molar-refractivity contribution in [3.63, 3.8) is 0 Å². The third-order valence-electron chi connectivity index (χ3n) is 1.31. The molecule has 1 amide bonds. The summed E-state index contributed by atoms with van der Waals surface area (Å²) in [5.41, 5.74) is 0. The highest BCUT2D eigenvalue weighted by atomic mass is 16.2. The molecule has 0 aromatic carbocycles. The van der Waals surface area contributed by atoms with E-state index in [1.54, 1.807) is 6.92 Å². The van der Waals surface area contributed by atoms with Crippen LogP contribution in [0.5, 0.6) is 0 Å². The molecule has 0 aliphatic heterocycles. The summed E-state index contributed by atoms with van der Waals surface area (Å²) in [6, 6.07) is 0. The number of aliphatic hydroxyl groups is 1. The topological polar surface area (TPSA) is 66.4 Å². The lowest BCUT2D eigenvalue weighted by Gasteiger charge is -1.93. The zero-order chi connectivity index (χ0) is 10.5. The first-order valence-corrected chi connectivity index (χ1v) is 4.46. The molecule has 2 N–H and O–H groups in total. The molecule has 0 saturated carbocycles. The van der Waals surface area contributed by atoms with Crippen molar-refractivity contribution in [2.24, 2.45) is 0 Å². The molecule has 0 radical (unpaired) electrons. The van der Waals surface area contributed by atoms with Crippen LogP contribution in [0.25, 0.3) is 0 Å². The Balaban J connectivity index is 0. The fraction of sp³-hybridized carbons (Fsp3) is 0.778. The number of Topliss-reactive ketones (excluding diaryl/α,β-unsaturated/α-hetero) is 1. The zero-order valence-corrected chi connectivity index (χ0v) is 8.38. The Morgan fingerprint density at radius 2 is 2.00 bits per heavy atom. The molecule has 0 saturated heterocycles. The highest BCUT2D eigenvalue weighted by molar-refractivity contribution is 5.74. The fourth-order valence-electron chi connectivity index (χ4n) is 0.398. The molecule has 0 rings (SSSR count). The smallest absolute Gasteiger partial charge is 0.207 e. The van der Waals surface area contributed by atoms with E-state index in [-0.39, 0.29) is 12.4 Å². The Morgan fingerprint density at radius 3 is 2.31 bits per heavy atom. The second-order valence-electron chi connectivity index (χ2n) is 2.56. The maximum absolute atomic E-state index is 9.81. The van der Waals surface area contributed by atoms with E-state index in [4.69, 9.17) is 5.11 Å². The summed E-state index contributed by atoms with van der Waals surface area (Å²) >= 11 is 0. The highest BCUT2D eigenvalue weighted by Crippen LogP contribution is 1.81. The van der Waals surface area contributed by atoms with Crippen LogP contribution in [-0.4, -0.2) is 30.5 Å². The largest absolute Gasteiger partial charge is 0.396 e. The van der Waals surface area contributed by atoms with Gasteiger partial charge in [0.15, 0.2) is 0 Å². The summed E-state index contributed by atoms with van der Waals surface area (Å²) in [6.45, 7) is 4.31. The molecule has 0 aromatic rings. The van der Waals surface area contributed by atoms with E-state index >= 15 is 0 Å². The molecular weight excluding hydrogens is 170 g/mol. The molecule has 78 valence electrons. The number of rotatable bonds is 6. The van der Waals surface area contributed by atoms with Crippen molar-refractivity contribution < 1.29 is 14.7 Å². The monoisotopic (exact) mass is 189 g/mol. The van der Waals surface area contributed by atoms with Gasteiger partial charge in [-0.15, -0.1) is 0 Å². The van der Waals surface area contributed by atoms with Gasteiger partial charge in [0, 0.05) is 19.6 Å². The van der Waals surface area contributed by atoms with E-state index < -0.39 is 0 Å². The van der Waals surface area contributed by atoms with E-state index in [9.17, 15) is 9.59 Å². The molecule has 0 aliphatic rings. The average molecular weight is 189 g/mol. The van der Waals surface area contributed by atoms with E-state index in [0.717, 1.165) is 12.8 Å². The predicted octanol–water partition coefficient (Wildman–Crippen LogP) is 0.490. The SMILES string of the molecule is CCC(C)=O.O=CNCCCCO. The van der Waals surface area contributed by atoms with Crippen LogP contribution in [0.3, 0.4) is 0 Å². The van der Waals surface area contributed by atoms with Gasteiger partial charge in [-0.1, -0.05) is 6.92 Å².